The maximum atomic E-state index is 13.5. The number of nitrogens with zero attached hydrogens (tertiary/aromatic N) is 3. The number of hydrogen-bond donors (Lipinski definition) is 0. The first-order valence-electron chi connectivity index (χ1n) is 9.74. The highest BCUT2D eigenvalue weighted by molar-refractivity contribution is 7.94. The molecule has 3 aromatic rings. The normalized spacial score (nSPS) is 14.6. The summed E-state index contributed by atoms with van der Waals surface area (Å²) in [6.45, 7) is 0.519. The van der Waals surface area contributed by atoms with Crippen LogP contribution in [0, 0.1) is 0 Å². The van der Waals surface area contributed by atoms with Gasteiger partial charge in [0.2, 0.25) is 5.89 Å². The molecule has 1 atom stereocenters. The lowest BCUT2D eigenvalue weighted by Gasteiger charge is -2.13. The quantitative estimate of drug-likeness (QED) is 0.385. The van der Waals surface area contributed by atoms with Gasteiger partial charge in [-0.3, -0.25) is 0 Å². The number of oxazole rings is 1. The molecule has 2 aromatic heterocycles. The monoisotopic (exact) mass is 545 g/mol. The number of benzene rings is 1. The predicted molar refractivity (Wildman–Crippen MR) is 112 cm³/mol. The second kappa shape index (κ2) is 9.29. The van der Waals surface area contributed by atoms with Gasteiger partial charge in [0.05, 0.1) is 16.8 Å². The van der Waals surface area contributed by atoms with Crippen molar-refractivity contribution in [1.82, 2.24) is 9.97 Å². The fraction of sp³-hybridized carbons (Fsp3) is 0.368. The van der Waals surface area contributed by atoms with Crippen molar-refractivity contribution in [3.05, 3.63) is 30.5 Å². The van der Waals surface area contributed by atoms with Gasteiger partial charge in [-0.05, 0) is 25.1 Å². The van der Waals surface area contributed by atoms with Gasteiger partial charge < -0.3 is 9.15 Å². The summed E-state index contributed by atoms with van der Waals surface area (Å²) in [7, 11) is -8.90. The van der Waals surface area contributed by atoms with Crippen LogP contribution in [0.25, 0.3) is 22.7 Å². The molecule has 0 aliphatic carbocycles. The number of sulfone groups is 1. The Kier molecular flexibility index (Phi) is 7.09. The molecule has 0 spiro atoms. The van der Waals surface area contributed by atoms with Crippen molar-refractivity contribution < 1.29 is 48.1 Å². The van der Waals surface area contributed by atoms with E-state index in [1.165, 1.54) is 13.8 Å². The van der Waals surface area contributed by atoms with Gasteiger partial charge in [-0.1, -0.05) is 6.92 Å². The van der Waals surface area contributed by atoms with E-state index in [-0.39, 0.29) is 17.6 Å². The van der Waals surface area contributed by atoms with Gasteiger partial charge >= 0.3 is 11.7 Å². The third-order valence-electron chi connectivity index (χ3n) is 4.45. The maximum absolute atomic E-state index is 13.5. The lowest BCUT2D eigenvalue weighted by molar-refractivity contribution is -0.153. The van der Waals surface area contributed by atoms with Crippen LogP contribution >= 0.6 is 0 Å². The molecule has 0 N–H and O–H groups in total. The Morgan fingerprint density at radius 3 is 2.31 bits per heavy atom. The minimum absolute atomic E-state index is 0.0804. The molecule has 35 heavy (non-hydrogen) atoms. The van der Waals surface area contributed by atoms with E-state index in [1.807, 2.05) is 0 Å². The molecule has 0 bridgehead atoms. The van der Waals surface area contributed by atoms with E-state index >= 15 is 0 Å². The zero-order valence-corrected chi connectivity index (χ0v) is 19.6. The maximum Gasteiger partial charge on any atom is 0.483 e. The molecule has 0 aliphatic rings. The molecular formula is C19H17F6N3O5S2. The number of hydrogen-bond acceptors (Lipinski definition) is 8. The Bertz CT molecular complexity index is 1470. The zero-order chi connectivity index (χ0) is 26.2. The molecule has 192 valence electrons. The standard InChI is InChI=1S/C19H17F6N3O5S2/c1-3-27-35(31,19(23,24)25)12-5-6-14-13(8-12)28-17(33-14)16-15(34(29,30)4-2)7-11(9-26-16)32-10-18(20,21)22/h5-9H,3-4,10H2,1-2H3. The van der Waals surface area contributed by atoms with Crippen molar-refractivity contribution in [3.63, 3.8) is 0 Å². The molecule has 0 radical (unpaired) electrons. The van der Waals surface area contributed by atoms with Crippen LogP contribution in [0.2, 0.25) is 0 Å². The number of pyridine rings is 1. The predicted octanol–water partition coefficient (Wildman–Crippen LogP) is 4.99. The summed E-state index contributed by atoms with van der Waals surface area (Å²) < 4.78 is 129. The van der Waals surface area contributed by atoms with E-state index in [4.69, 9.17) is 4.42 Å². The first kappa shape index (κ1) is 26.7. The molecule has 1 aromatic carbocycles. The van der Waals surface area contributed by atoms with Crippen molar-refractivity contribution >= 4 is 30.7 Å². The molecule has 2 heterocycles. The van der Waals surface area contributed by atoms with Gasteiger partial charge in [-0.25, -0.2) is 27.0 Å². The summed E-state index contributed by atoms with van der Waals surface area (Å²) in [5.41, 5.74) is -5.83. The number of halogens is 6. The number of rotatable bonds is 7. The van der Waals surface area contributed by atoms with Crippen LogP contribution in [0.5, 0.6) is 5.75 Å². The van der Waals surface area contributed by atoms with Crippen LogP contribution < -0.4 is 4.74 Å². The first-order valence-corrected chi connectivity index (χ1v) is 12.9. The minimum Gasteiger partial charge on any atom is -0.482 e. The zero-order valence-electron chi connectivity index (χ0n) is 18.0. The van der Waals surface area contributed by atoms with Crippen LogP contribution in [0.3, 0.4) is 0 Å². The van der Waals surface area contributed by atoms with E-state index in [1.54, 1.807) is 0 Å². The minimum atomic E-state index is -5.17. The van der Waals surface area contributed by atoms with Gasteiger partial charge in [-0.15, -0.1) is 0 Å². The molecule has 16 heteroatoms. The molecule has 0 saturated heterocycles. The van der Waals surface area contributed by atoms with Crippen LogP contribution in [-0.2, 0) is 19.6 Å². The molecule has 0 amide bonds. The molecule has 1 unspecified atom stereocenters. The number of ether oxygens (including phenoxy) is 1. The van der Waals surface area contributed by atoms with Gasteiger partial charge in [0.15, 0.2) is 31.8 Å². The molecule has 0 fully saturated rings. The highest BCUT2D eigenvalue weighted by Crippen LogP contribution is 2.36. The van der Waals surface area contributed by atoms with E-state index in [0.29, 0.717) is 0 Å². The van der Waals surface area contributed by atoms with Crippen molar-refractivity contribution in [2.75, 3.05) is 18.9 Å². The van der Waals surface area contributed by atoms with E-state index < -0.39 is 70.7 Å². The van der Waals surface area contributed by atoms with Crippen molar-refractivity contribution in [3.8, 4) is 17.3 Å². The lowest BCUT2D eigenvalue weighted by Crippen LogP contribution is -2.23. The average molecular weight is 545 g/mol. The number of fused-ring (bicyclic) bond motifs is 1. The third-order valence-corrected chi connectivity index (χ3v) is 8.33. The van der Waals surface area contributed by atoms with Gasteiger partial charge in [-0.2, -0.15) is 26.3 Å². The molecular weight excluding hydrogens is 528 g/mol. The van der Waals surface area contributed by atoms with Crippen LogP contribution in [0.1, 0.15) is 13.8 Å². The van der Waals surface area contributed by atoms with Crippen molar-refractivity contribution in [2.24, 2.45) is 4.36 Å². The summed E-state index contributed by atoms with van der Waals surface area (Å²) in [5, 5.41) is 0. The summed E-state index contributed by atoms with van der Waals surface area (Å²) in [6, 6.07) is 3.64. The average Bonchev–Trinajstić information content (AvgIpc) is 3.19. The Labute approximate surface area is 195 Å². The smallest absolute Gasteiger partial charge is 0.482 e. The van der Waals surface area contributed by atoms with E-state index in [2.05, 4.69) is 19.1 Å². The van der Waals surface area contributed by atoms with Gasteiger partial charge in [0.25, 0.3) is 0 Å². The highest BCUT2D eigenvalue weighted by atomic mass is 32.2. The van der Waals surface area contributed by atoms with Crippen LogP contribution in [-0.4, -0.2) is 53.2 Å². The van der Waals surface area contributed by atoms with Gasteiger partial charge in [0.1, 0.15) is 21.9 Å². The molecule has 8 nitrogen and oxygen atoms in total. The van der Waals surface area contributed by atoms with Crippen LogP contribution in [0.15, 0.2) is 49.0 Å². The fourth-order valence-corrected chi connectivity index (χ4v) is 5.36. The summed E-state index contributed by atoms with van der Waals surface area (Å²) in [6.07, 6.45) is -3.85. The Morgan fingerprint density at radius 2 is 1.74 bits per heavy atom. The number of aromatic nitrogens is 2. The SMILES string of the molecule is CCN=S(=O)(c1ccc2oc(-c3ncc(OCC(F)(F)F)cc3S(=O)(=O)CC)nc2c1)C(F)(F)F. The Morgan fingerprint density at radius 1 is 1.06 bits per heavy atom. The summed E-state index contributed by atoms with van der Waals surface area (Å²) in [5.74, 6) is -1.37. The second-order valence-corrected chi connectivity index (χ2v) is 11.4. The largest absolute Gasteiger partial charge is 0.483 e. The first-order chi connectivity index (χ1) is 16.1. The molecule has 0 aliphatic heterocycles. The van der Waals surface area contributed by atoms with E-state index in [9.17, 15) is 39.0 Å². The summed E-state index contributed by atoms with van der Waals surface area (Å²) in [4.78, 5) is 6.56. The highest BCUT2D eigenvalue weighted by Gasteiger charge is 2.44. The molecule has 3 rings (SSSR count). The van der Waals surface area contributed by atoms with Crippen molar-refractivity contribution in [2.45, 2.75) is 35.3 Å². The topological polar surface area (TPSA) is 112 Å². The third kappa shape index (κ3) is 5.52. The Hall–Kier alpha value is -2.88. The van der Waals surface area contributed by atoms with Gasteiger partial charge in [0, 0.05) is 12.6 Å². The number of alkyl halides is 6. The lowest BCUT2D eigenvalue weighted by atomic mass is 10.3. The molecule has 0 saturated carbocycles. The second-order valence-electron chi connectivity index (χ2n) is 6.89. The summed E-state index contributed by atoms with van der Waals surface area (Å²) >= 11 is 0. The fourth-order valence-electron chi connectivity index (χ4n) is 2.87. The Balaban J connectivity index is 2.15. The van der Waals surface area contributed by atoms with E-state index in [0.717, 1.165) is 30.5 Å². The van der Waals surface area contributed by atoms with Crippen LogP contribution in [0.4, 0.5) is 26.3 Å². The van der Waals surface area contributed by atoms with Crippen molar-refractivity contribution in [1.29, 1.82) is 0 Å².